The van der Waals surface area contributed by atoms with E-state index in [1.807, 2.05) is 6.07 Å². The molecule has 4 rings (SSSR count). The lowest BCUT2D eigenvalue weighted by Crippen LogP contribution is -2.50. The summed E-state index contributed by atoms with van der Waals surface area (Å²) in [6.07, 6.45) is 0. The van der Waals surface area contributed by atoms with Gasteiger partial charge >= 0.3 is 5.97 Å². The van der Waals surface area contributed by atoms with Crippen molar-refractivity contribution in [1.29, 1.82) is 5.26 Å². The van der Waals surface area contributed by atoms with Crippen LogP contribution in [0.2, 0.25) is 0 Å². The van der Waals surface area contributed by atoms with E-state index < -0.39 is 29.7 Å². The molecule has 9 nitrogen and oxygen atoms in total. The minimum atomic E-state index is -1.97. The summed E-state index contributed by atoms with van der Waals surface area (Å²) in [5.74, 6) is -2.66. The average Bonchev–Trinajstić information content (AvgIpc) is 3.03. The lowest BCUT2D eigenvalue weighted by Gasteiger charge is -2.35. The van der Waals surface area contributed by atoms with Gasteiger partial charge in [0.1, 0.15) is 29.5 Å². The Morgan fingerprint density at radius 2 is 1.82 bits per heavy atom. The molecule has 2 amide bonds. The molecule has 4 N–H and O–H groups in total. The molecule has 0 radical (unpaired) electrons. The topological polar surface area (TPSA) is 149 Å². The molecule has 0 fully saturated rings. The van der Waals surface area contributed by atoms with Gasteiger partial charge in [-0.15, -0.1) is 0 Å². The van der Waals surface area contributed by atoms with Crippen molar-refractivity contribution < 1.29 is 23.9 Å². The maximum absolute atomic E-state index is 14.1. The van der Waals surface area contributed by atoms with E-state index in [4.69, 9.17) is 20.9 Å². The number of benzene rings is 2. The van der Waals surface area contributed by atoms with E-state index in [2.05, 4.69) is 0 Å². The predicted octanol–water partition coefficient (Wildman–Crippen LogP) is 1.45. The maximum Gasteiger partial charge on any atom is 0.339 e. The summed E-state index contributed by atoms with van der Waals surface area (Å²) in [5.41, 5.74) is 10.2. The number of hydrogen-bond donors (Lipinski definition) is 2. The van der Waals surface area contributed by atoms with Gasteiger partial charge in [0, 0.05) is 16.8 Å². The number of rotatable bonds is 5. The highest BCUT2D eigenvalue weighted by atomic mass is 16.5. The van der Waals surface area contributed by atoms with Crippen molar-refractivity contribution >= 4 is 29.2 Å². The number of amides is 2. The third-order valence-electron chi connectivity index (χ3n) is 5.54. The molecular formula is C24H20N4O5. The fourth-order valence-electron chi connectivity index (χ4n) is 4.32. The minimum Gasteiger partial charge on any atom is -0.462 e. The van der Waals surface area contributed by atoms with Crippen LogP contribution < -0.4 is 16.4 Å². The Kier molecular flexibility index (Phi) is 5.35. The standard InChI is InChI=1S/C24H20N4O5/c1-2-32-22(30)19-20(14-8-4-3-5-9-14)33-21(27)16(12-25)24(19)15-10-6-7-11-17(15)28(23(24)31)13-18(26)29/h3-11H,2,13,27H2,1H3,(H2,26,29)/t24-/m1/s1. The second kappa shape index (κ2) is 8.16. The van der Waals surface area contributed by atoms with Crippen LogP contribution in [0.15, 0.2) is 71.6 Å². The fourth-order valence-corrected chi connectivity index (χ4v) is 4.32. The lowest BCUT2D eigenvalue weighted by molar-refractivity contribution is -0.140. The van der Waals surface area contributed by atoms with Crippen LogP contribution in [0.4, 0.5) is 5.69 Å². The first kappa shape index (κ1) is 21.6. The molecule has 0 unspecified atom stereocenters. The van der Waals surface area contributed by atoms with Gasteiger partial charge in [0.25, 0.3) is 0 Å². The molecule has 33 heavy (non-hydrogen) atoms. The molecular weight excluding hydrogens is 424 g/mol. The normalized spacial score (nSPS) is 19.3. The van der Waals surface area contributed by atoms with Crippen LogP contribution in [0.25, 0.3) is 5.76 Å². The summed E-state index contributed by atoms with van der Waals surface area (Å²) < 4.78 is 11.1. The highest BCUT2D eigenvalue weighted by Gasteiger charge is 2.62. The molecule has 1 spiro atoms. The third-order valence-corrected chi connectivity index (χ3v) is 5.54. The van der Waals surface area contributed by atoms with Crippen LogP contribution in [0.1, 0.15) is 18.1 Å². The first-order valence-electron chi connectivity index (χ1n) is 10.1. The van der Waals surface area contributed by atoms with Gasteiger partial charge in [0.05, 0.1) is 6.61 Å². The zero-order valence-corrected chi connectivity index (χ0v) is 17.7. The summed E-state index contributed by atoms with van der Waals surface area (Å²) >= 11 is 0. The van der Waals surface area contributed by atoms with Gasteiger partial charge in [-0.1, -0.05) is 48.5 Å². The molecule has 166 valence electrons. The van der Waals surface area contributed by atoms with E-state index in [1.54, 1.807) is 61.5 Å². The first-order valence-corrected chi connectivity index (χ1v) is 10.1. The van der Waals surface area contributed by atoms with Crippen LogP contribution in [0.5, 0.6) is 0 Å². The molecule has 2 aliphatic heterocycles. The minimum absolute atomic E-state index is 0.00497. The Balaban J connectivity index is 2.14. The number of para-hydroxylation sites is 1. The monoisotopic (exact) mass is 444 g/mol. The SMILES string of the molecule is CCOC(=O)C1=C(c2ccccc2)OC(N)=C(C#N)[C@@]12C(=O)N(CC(N)=O)c1ccccc12. The number of nitrogens with two attached hydrogens (primary N) is 2. The molecule has 2 aliphatic rings. The molecule has 0 aliphatic carbocycles. The maximum atomic E-state index is 14.1. The van der Waals surface area contributed by atoms with E-state index in [-0.39, 0.29) is 29.4 Å². The highest BCUT2D eigenvalue weighted by molar-refractivity contribution is 6.21. The first-order chi connectivity index (χ1) is 15.9. The third kappa shape index (κ3) is 3.11. The summed E-state index contributed by atoms with van der Waals surface area (Å²) in [4.78, 5) is 40.4. The van der Waals surface area contributed by atoms with E-state index in [9.17, 15) is 19.6 Å². The van der Waals surface area contributed by atoms with Gasteiger partial charge in [-0.25, -0.2) is 4.79 Å². The zero-order valence-electron chi connectivity index (χ0n) is 17.7. The van der Waals surface area contributed by atoms with Gasteiger partial charge in [-0.2, -0.15) is 5.26 Å². The summed E-state index contributed by atoms with van der Waals surface area (Å²) in [6.45, 7) is 1.19. The van der Waals surface area contributed by atoms with Crippen LogP contribution in [-0.4, -0.2) is 30.9 Å². The fraction of sp³-hybridized carbons (Fsp3) is 0.167. The van der Waals surface area contributed by atoms with Crippen molar-refractivity contribution in [3.8, 4) is 6.07 Å². The van der Waals surface area contributed by atoms with Crippen LogP contribution >= 0.6 is 0 Å². The summed E-state index contributed by atoms with van der Waals surface area (Å²) in [5, 5.41) is 10.1. The van der Waals surface area contributed by atoms with Crippen molar-refractivity contribution in [3.05, 3.63) is 82.8 Å². The number of carbonyl (C=O) groups excluding carboxylic acids is 3. The van der Waals surface area contributed by atoms with E-state index in [0.717, 1.165) is 4.90 Å². The van der Waals surface area contributed by atoms with Crippen LogP contribution in [0.3, 0.4) is 0 Å². The van der Waals surface area contributed by atoms with Gasteiger partial charge in [0.2, 0.25) is 17.7 Å². The number of ether oxygens (including phenoxy) is 2. The number of fused-ring (bicyclic) bond motifs is 2. The Bertz CT molecular complexity index is 1280. The van der Waals surface area contributed by atoms with E-state index >= 15 is 0 Å². The smallest absolute Gasteiger partial charge is 0.339 e. The molecule has 0 aromatic heterocycles. The number of hydrogen-bond acceptors (Lipinski definition) is 7. The average molecular weight is 444 g/mol. The van der Waals surface area contributed by atoms with Crippen LogP contribution in [-0.2, 0) is 29.3 Å². The molecule has 0 bridgehead atoms. The highest BCUT2D eigenvalue weighted by Crippen LogP contribution is 2.55. The quantitative estimate of drug-likeness (QED) is 0.663. The van der Waals surface area contributed by atoms with Crippen molar-refractivity contribution in [2.24, 2.45) is 11.5 Å². The van der Waals surface area contributed by atoms with Gasteiger partial charge < -0.3 is 25.8 Å². The number of nitriles is 1. The largest absolute Gasteiger partial charge is 0.462 e. The zero-order chi connectivity index (χ0) is 23.8. The van der Waals surface area contributed by atoms with Gasteiger partial charge in [-0.05, 0) is 13.0 Å². The predicted molar refractivity (Wildman–Crippen MR) is 118 cm³/mol. The summed E-state index contributed by atoms with van der Waals surface area (Å²) in [7, 11) is 0. The Morgan fingerprint density at radius 3 is 2.45 bits per heavy atom. The van der Waals surface area contributed by atoms with Crippen molar-refractivity contribution in [1.82, 2.24) is 0 Å². The number of anilines is 1. The van der Waals surface area contributed by atoms with Crippen LogP contribution in [0, 0.1) is 11.3 Å². The lowest BCUT2D eigenvalue weighted by atomic mass is 9.67. The van der Waals surface area contributed by atoms with E-state index in [1.165, 1.54) is 0 Å². The van der Waals surface area contributed by atoms with Crippen molar-refractivity contribution in [2.45, 2.75) is 12.3 Å². The Hall–Kier alpha value is -4.58. The molecule has 1 atom stereocenters. The van der Waals surface area contributed by atoms with Crippen molar-refractivity contribution in [3.63, 3.8) is 0 Å². The number of primary amides is 1. The van der Waals surface area contributed by atoms with E-state index in [0.29, 0.717) is 16.8 Å². The molecule has 0 saturated heterocycles. The summed E-state index contributed by atoms with van der Waals surface area (Å²) in [6, 6.07) is 17.1. The van der Waals surface area contributed by atoms with Crippen molar-refractivity contribution in [2.75, 3.05) is 18.1 Å². The second-order valence-electron chi connectivity index (χ2n) is 7.37. The Morgan fingerprint density at radius 1 is 1.15 bits per heavy atom. The molecule has 0 saturated carbocycles. The second-order valence-corrected chi connectivity index (χ2v) is 7.37. The number of nitrogens with zero attached hydrogens (tertiary/aromatic N) is 2. The number of esters is 1. The van der Waals surface area contributed by atoms with Gasteiger partial charge in [0.15, 0.2) is 5.41 Å². The number of carbonyl (C=O) groups is 3. The van der Waals surface area contributed by atoms with Gasteiger partial charge in [-0.3, -0.25) is 9.59 Å². The Labute approximate surface area is 189 Å². The molecule has 2 aromatic carbocycles. The molecule has 9 heteroatoms. The molecule has 2 aromatic rings. The molecule has 2 heterocycles.